The molecule has 1 aromatic rings. The zero-order valence-corrected chi connectivity index (χ0v) is 7.97. The van der Waals surface area contributed by atoms with Crippen molar-refractivity contribution >= 4 is 0 Å². The van der Waals surface area contributed by atoms with Crippen LogP contribution in [0.25, 0.3) is 0 Å². The summed E-state index contributed by atoms with van der Waals surface area (Å²) in [7, 11) is 0. The van der Waals surface area contributed by atoms with Gasteiger partial charge in [0.1, 0.15) is 11.5 Å². The van der Waals surface area contributed by atoms with E-state index in [1.807, 2.05) is 0 Å². The Kier molecular flexibility index (Phi) is 2.66. The summed E-state index contributed by atoms with van der Waals surface area (Å²) in [4.78, 5) is 0. The molecule has 1 aliphatic heterocycles. The number of nitrogens with one attached hydrogen (secondary N) is 2. The fraction of sp³-hybridized carbons (Fsp3) is 0.600. The normalized spacial score (nSPS) is 23.3. The van der Waals surface area contributed by atoms with E-state index in [2.05, 4.69) is 29.7 Å². The van der Waals surface area contributed by atoms with Crippen LogP contribution in [-0.4, -0.2) is 19.6 Å². The Morgan fingerprint density at radius 2 is 2.38 bits per heavy atom. The maximum atomic E-state index is 5.67. The Morgan fingerprint density at radius 3 is 3.00 bits per heavy atom. The van der Waals surface area contributed by atoms with Gasteiger partial charge in [0.2, 0.25) is 0 Å². The van der Waals surface area contributed by atoms with Crippen LogP contribution in [0.2, 0.25) is 0 Å². The summed E-state index contributed by atoms with van der Waals surface area (Å²) in [5.74, 6) is 2.13. The maximum Gasteiger partial charge on any atom is 0.122 e. The van der Waals surface area contributed by atoms with E-state index < -0.39 is 0 Å². The molecule has 0 radical (unpaired) electrons. The predicted octanol–water partition coefficient (Wildman–Crippen LogP) is 1.08. The molecule has 2 heterocycles. The highest BCUT2D eigenvalue weighted by molar-refractivity contribution is 5.11. The van der Waals surface area contributed by atoms with Gasteiger partial charge in [-0.2, -0.15) is 0 Å². The smallest absolute Gasteiger partial charge is 0.122 e. The minimum Gasteiger partial charge on any atom is -0.464 e. The van der Waals surface area contributed by atoms with Gasteiger partial charge in [0.25, 0.3) is 0 Å². The fourth-order valence-corrected chi connectivity index (χ4v) is 1.63. The van der Waals surface area contributed by atoms with Crippen LogP contribution in [-0.2, 0) is 6.42 Å². The van der Waals surface area contributed by atoms with Crippen LogP contribution < -0.4 is 10.6 Å². The molecule has 1 aliphatic rings. The van der Waals surface area contributed by atoms with Crippen LogP contribution in [0.3, 0.4) is 0 Å². The number of piperazine rings is 1. The van der Waals surface area contributed by atoms with E-state index in [0.29, 0.717) is 6.04 Å². The molecule has 2 N–H and O–H groups in total. The molecule has 13 heavy (non-hydrogen) atoms. The Hall–Kier alpha value is -0.800. The molecule has 0 unspecified atom stereocenters. The van der Waals surface area contributed by atoms with Crippen molar-refractivity contribution in [2.24, 2.45) is 0 Å². The second-order valence-electron chi connectivity index (χ2n) is 3.37. The molecule has 0 aromatic carbocycles. The molecule has 2 rings (SSSR count). The van der Waals surface area contributed by atoms with E-state index in [1.165, 1.54) is 0 Å². The van der Waals surface area contributed by atoms with Crippen molar-refractivity contribution in [3.05, 3.63) is 23.7 Å². The molecule has 0 spiro atoms. The summed E-state index contributed by atoms with van der Waals surface area (Å²) in [6.45, 7) is 5.15. The second kappa shape index (κ2) is 3.94. The Balaban J connectivity index is 2.05. The Labute approximate surface area is 78.5 Å². The molecule has 1 fully saturated rings. The Morgan fingerprint density at radius 1 is 1.46 bits per heavy atom. The predicted molar refractivity (Wildman–Crippen MR) is 51.7 cm³/mol. The molecule has 0 aliphatic carbocycles. The number of furan rings is 1. The van der Waals surface area contributed by atoms with Crippen molar-refractivity contribution in [1.82, 2.24) is 10.6 Å². The SMILES string of the molecule is CCc1ccc([C@H]2CNCCN2)o1. The summed E-state index contributed by atoms with van der Waals surface area (Å²) in [6, 6.07) is 4.49. The van der Waals surface area contributed by atoms with Gasteiger partial charge in [0.15, 0.2) is 0 Å². The lowest BCUT2D eigenvalue weighted by molar-refractivity contribution is 0.353. The molecule has 1 aromatic heterocycles. The van der Waals surface area contributed by atoms with Crippen LogP contribution >= 0.6 is 0 Å². The van der Waals surface area contributed by atoms with Crippen molar-refractivity contribution < 1.29 is 4.42 Å². The summed E-state index contributed by atoms with van der Waals surface area (Å²) >= 11 is 0. The van der Waals surface area contributed by atoms with Crippen LogP contribution in [0.5, 0.6) is 0 Å². The zero-order chi connectivity index (χ0) is 9.10. The third kappa shape index (κ3) is 1.92. The van der Waals surface area contributed by atoms with Gasteiger partial charge in [-0.1, -0.05) is 6.92 Å². The highest BCUT2D eigenvalue weighted by Gasteiger charge is 2.16. The van der Waals surface area contributed by atoms with Gasteiger partial charge >= 0.3 is 0 Å². The van der Waals surface area contributed by atoms with E-state index >= 15 is 0 Å². The highest BCUT2D eigenvalue weighted by atomic mass is 16.3. The van der Waals surface area contributed by atoms with Gasteiger partial charge in [0, 0.05) is 26.1 Å². The molecule has 1 saturated heterocycles. The van der Waals surface area contributed by atoms with E-state index in [1.54, 1.807) is 0 Å². The summed E-state index contributed by atoms with van der Waals surface area (Å²) in [5.41, 5.74) is 0. The van der Waals surface area contributed by atoms with Gasteiger partial charge in [-0.05, 0) is 12.1 Å². The average Bonchev–Trinajstić information content (AvgIpc) is 2.67. The van der Waals surface area contributed by atoms with Crippen LogP contribution in [0.1, 0.15) is 24.5 Å². The van der Waals surface area contributed by atoms with Crippen LogP contribution in [0.4, 0.5) is 0 Å². The molecular weight excluding hydrogens is 164 g/mol. The quantitative estimate of drug-likeness (QED) is 0.715. The van der Waals surface area contributed by atoms with Crippen LogP contribution in [0.15, 0.2) is 16.5 Å². The average molecular weight is 180 g/mol. The summed E-state index contributed by atoms with van der Waals surface area (Å²) in [5, 5.41) is 6.75. The molecule has 0 amide bonds. The van der Waals surface area contributed by atoms with Gasteiger partial charge in [-0.15, -0.1) is 0 Å². The lowest BCUT2D eigenvalue weighted by atomic mass is 10.2. The first kappa shape index (κ1) is 8.78. The van der Waals surface area contributed by atoms with E-state index in [-0.39, 0.29) is 0 Å². The monoisotopic (exact) mass is 180 g/mol. The fourth-order valence-electron chi connectivity index (χ4n) is 1.63. The van der Waals surface area contributed by atoms with Crippen molar-refractivity contribution in [2.75, 3.05) is 19.6 Å². The third-order valence-corrected chi connectivity index (χ3v) is 2.42. The standard InChI is InChI=1S/C10H16N2O/c1-2-8-3-4-10(13-8)9-7-11-5-6-12-9/h3-4,9,11-12H,2,5-7H2,1H3/t9-/m1/s1. The first-order chi connectivity index (χ1) is 6.40. The lowest BCUT2D eigenvalue weighted by Crippen LogP contribution is -2.42. The van der Waals surface area contributed by atoms with Gasteiger partial charge in [-0.3, -0.25) is 0 Å². The van der Waals surface area contributed by atoms with Crippen molar-refractivity contribution in [2.45, 2.75) is 19.4 Å². The van der Waals surface area contributed by atoms with Crippen molar-refractivity contribution in [3.8, 4) is 0 Å². The molecule has 3 nitrogen and oxygen atoms in total. The number of hydrogen-bond donors (Lipinski definition) is 2. The van der Waals surface area contributed by atoms with Crippen molar-refractivity contribution in [3.63, 3.8) is 0 Å². The number of rotatable bonds is 2. The summed E-state index contributed by atoms with van der Waals surface area (Å²) in [6.07, 6.45) is 0.972. The second-order valence-corrected chi connectivity index (χ2v) is 3.37. The van der Waals surface area contributed by atoms with Gasteiger partial charge < -0.3 is 15.1 Å². The third-order valence-electron chi connectivity index (χ3n) is 2.42. The minimum atomic E-state index is 0.356. The first-order valence-electron chi connectivity index (χ1n) is 4.93. The van der Waals surface area contributed by atoms with Crippen molar-refractivity contribution in [1.29, 1.82) is 0 Å². The van der Waals surface area contributed by atoms with Gasteiger partial charge in [-0.25, -0.2) is 0 Å². The van der Waals surface area contributed by atoms with Crippen LogP contribution in [0, 0.1) is 0 Å². The van der Waals surface area contributed by atoms with E-state index in [9.17, 15) is 0 Å². The highest BCUT2D eigenvalue weighted by Crippen LogP contribution is 2.17. The number of hydrogen-bond acceptors (Lipinski definition) is 3. The van der Waals surface area contributed by atoms with E-state index in [4.69, 9.17) is 4.42 Å². The molecule has 0 bridgehead atoms. The lowest BCUT2D eigenvalue weighted by Gasteiger charge is -2.22. The number of aryl methyl sites for hydroxylation is 1. The maximum absolute atomic E-state index is 5.67. The topological polar surface area (TPSA) is 37.2 Å². The molecule has 0 saturated carbocycles. The largest absolute Gasteiger partial charge is 0.464 e. The molecular formula is C10H16N2O. The Bertz CT molecular complexity index is 264. The first-order valence-corrected chi connectivity index (χ1v) is 4.93. The molecule has 3 heteroatoms. The van der Waals surface area contributed by atoms with Gasteiger partial charge in [0.05, 0.1) is 6.04 Å². The molecule has 1 atom stereocenters. The van der Waals surface area contributed by atoms with E-state index in [0.717, 1.165) is 37.6 Å². The zero-order valence-electron chi connectivity index (χ0n) is 7.97. The molecule has 72 valence electrons. The minimum absolute atomic E-state index is 0.356. The summed E-state index contributed by atoms with van der Waals surface area (Å²) < 4.78 is 5.67.